The van der Waals surface area contributed by atoms with Gasteiger partial charge in [-0.2, -0.15) is 0 Å². The number of carbonyl (C=O) groups excluding carboxylic acids is 1. The maximum atomic E-state index is 11.9. The van der Waals surface area contributed by atoms with Gasteiger partial charge in [-0.3, -0.25) is 4.79 Å². The lowest BCUT2D eigenvalue weighted by molar-refractivity contribution is -0.116. The van der Waals surface area contributed by atoms with E-state index in [1.807, 2.05) is 50.2 Å². The van der Waals surface area contributed by atoms with Crippen LogP contribution in [0.15, 0.2) is 53.5 Å². The largest absolute Gasteiger partial charge is 0.370 e. The van der Waals surface area contributed by atoms with E-state index in [0.717, 1.165) is 23.4 Å². The summed E-state index contributed by atoms with van der Waals surface area (Å²) in [4.78, 5) is 16.3. The van der Waals surface area contributed by atoms with E-state index in [2.05, 4.69) is 34.7 Å². The highest BCUT2D eigenvalue weighted by Crippen LogP contribution is 2.14. The molecule has 27 heavy (non-hydrogen) atoms. The van der Waals surface area contributed by atoms with Crippen molar-refractivity contribution < 1.29 is 4.79 Å². The molecular weight excluding hydrogens is 451 g/mol. The zero-order valence-corrected chi connectivity index (χ0v) is 18.5. The Morgan fingerprint density at radius 3 is 2.26 bits per heavy atom. The summed E-state index contributed by atoms with van der Waals surface area (Å²) in [6.45, 7) is 6.61. The molecule has 2 aromatic carbocycles. The molecular formula is C21H29IN4O. The van der Waals surface area contributed by atoms with Crippen LogP contribution in [0.25, 0.3) is 0 Å². The van der Waals surface area contributed by atoms with Gasteiger partial charge in [-0.15, -0.1) is 24.0 Å². The van der Waals surface area contributed by atoms with E-state index in [4.69, 9.17) is 5.73 Å². The van der Waals surface area contributed by atoms with Crippen molar-refractivity contribution in [3.05, 3.63) is 59.7 Å². The smallest absolute Gasteiger partial charge is 0.224 e. The van der Waals surface area contributed by atoms with Crippen LogP contribution in [-0.2, 0) is 17.8 Å². The number of nitrogens with two attached hydrogens (primary N) is 1. The van der Waals surface area contributed by atoms with E-state index in [0.29, 0.717) is 24.8 Å². The van der Waals surface area contributed by atoms with Crippen molar-refractivity contribution in [3.8, 4) is 0 Å². The quantitative estimate of drug-likeness (QED) is 0.303. The number of rotatable bonds is 7. The number of nitrogens with zero attached hydrogens (tertiary/aromatic N) is 1. The third kappa shape index (κ3) is 8.43. The first kappa shape index (κ1) is 23.0. The van der Waals surface area contributed by atoms with Gasteiger partial charge in [0.1, 0.15) is 0 Å². The number of anilines is 2. The molecule has 1 amide bonds. The number of hydrogen-bond acceptors (Lipinski definition) is 2. The number of carbonyl (C=O) groups is 1. The summed E-state index contributed by atoms with van der Waals surface area (Å²) < 4.78 is 0. The van der Waals surface area contributed by atoms with Gasteiger partial charge in [0.15, 0.2) is 5.96 Å². The van der Waals surface area contributed by atoms with Crippen LogP contribution >= 0.6 is 24.0 Å². The molecule has 5 nitrogen and oxygen atoms in total. The highest BCUT2D eigenvalue weighted by Gasteiger charge is 2.05. The van der Waals surface area contributed by atoms with Gasteiger partial charge in [-0.05, 0) is 47.7 Å². The summed E-state index contributed by atoms with van der Waals surface area (Å²) in [5.74, 6) is 0.727. The summed E-state index contributed by atoms with van der Waals surface area (Å²) >= 11 is 0. The Hall–Kier alpha value is -2.09. The number of aliphatic imine (C=N–C) groups is 1. The summed E-state index contributed by atoms with van der Waals surface area (Å²) in [7, 11) is 0. The van der Waals surface area contributed by atoms with Gasteiger partial charge >= 0.3 is 0 Å². The number of amides is 1. The summed E-state index contributed by atoms with van der Waals surface area (Å²) in [5.41, 5.74) is 9.93. The summed E-state index contributed by atoms with van der Waals surface area (Å²) in [5, 5.41) is 6.03. The van der Waals surface area contributed by atoms with Gasteiger partial charge in [0.2, 0.25) is 5.91 Å². The number of guanidine groups is 1. The van der Waals surface area contributed by atoms with Crippen molar-refractivity contribution in [3.63, 3.8) is 0 Å². The van der Waals surface area contributed by atoms with Crippen molar-refractivity contribution in [2.24, 2.45) is 16.6 Å². The predicted molar refractivity (Wildman–Crippen MR) is 125 cm³/mol. The Kier molecular flexibility index (Phi) is 9.85. The maximum absolute atomic E-state index is 11.9. The third-order valence-electron chi connectivity index (χ3n) is 3.84. The normalized spacial score (nSPS) is 11.0. The number of aryl methyl sites for hydroxylation is 1. The van der Waals surface area contributed by atoms with Gasteiger partial charge < -0.3 is 16.4 Å². The minimum Gasteiger partial charge on any atom is -0.370 e. The van der Waals surface area contributed by atoms with Gasteiger partial charge in [0, 0.05) is 17.8 Å². The first-order valence-electron chi connectivity index (χ1n) is 9.01. The fourth-order valence-corrected chi connectivity index (χ4v) is 2.56. The molecule has 0 saturated carbocycles. The topological polar surface area (TPSA) is 79.5 Å². The first-order chi connectivity index (χ1) is 12.5. The zero-order chi connectivity index (χ0) is 18.9. The van der Waals surface area contributed by atoms with Gasteiger partial charge in [-0.25, -0.2) is 4.99 Å². The maximum Gasteiger partial charge on any atom is 0.224 e. The van der Waals surface area contributed by atoms with Crippen LogP contribution in [-0.4, -0.2) is 11.9 Å². The van der Waals surface area contributed by atoms with E-state index in [9.17, 15) is 4.79 Å². The number of benzene rings is 2. The number of nitrogens with one attached hydrogen (secondary N) is 2. The highest BCUT2D eigenvalue weighted by molar-refractivity contribution is 14.0. The minimum atomic E-state index is 0. The van der Waals surface area contributed by atoms with Crippen molar-refractivity contribution >= 4 is 47.2 Å². The molecule has 0 radical (unpaired) electrons. The Morgan fingerprint density at radius 2 is 1.63 bits per heavy atom. The fraction of sp³-hybridized carbons (Fsp3) is 0.333. The Bertz CT molecular complexity index is 774. The van der Waals surface area contributed by atoms with E-state index < -0.39 is 0 Å². The van der Waals surface area contributed by atoms with Gasteiger partial charge in [0.05, 0.1) is 6.54 Å². The van der Waals surface area contributed by atoms with Crippen LogP contribution in [0, 0.1) is 5.92 Å². The van der Waals surface area contributed by atoms with Gasteiger partial charge in [0.25, 0.3) is 0 Å². The molecule has 0 spiro atoms. The Balaban J connectivity index is 0.00000364. The molecule has 0 saturated heterocycles. The van der Waals surface area contributed by atoms with E-state index in [1.54, 1.807) is 0 Å². The molecule has 4 N–H and O–H groups in total. The van der Waals surface area contributed by atoms with Gasteiger partial charge in [-0.1, -0.05) is 45.0 Å². The molecule has 0 aliphatic carbocycles. The molecule has 0 aliphatic rings. The predicted octanol–water partition coefficient (Wildman–Crippen LogP) is 4.78. The van der Waals surface area contributed by atoms with E-state index in [-0.39, 0.29) is 29.9 Å². The van der Waals surface area contributed by atoms with Crippen LogP contribution in [0.1, 0.15) is 38.3 Å². The second-order valence-corrected chi connectivity index (χ2v) is 6.73. The molecule has 0 aliphatic heterocycles. The van der Waals surface area contributed by atoms with Crippen LogP contribution in [0.3, 0.4) is 0 Å². The second kappa shape index (κ2) is 11.6. The molecule has 2 aromatic rings. The van der Waals surface area contributed by atoms with Crippen LogP contribution in [0.4, 0.5) is 11.4 Å². The van der Waals surface area contributed by atoms with Crippen LogP contribution in [0.5, 0.6) is 0 Å². The lowest BCUT2D eigenvalue weighted by Gasteiger charge is -2.09. The molecule has 146 valence electrons. The second-order valence-electron chi connectivity index (χ2n) is 6.73. The average molecular weight is 480 g/mol. The van der Waals surface area contributed by atoms with E-state index in [1.165, 1.54) is 5.56 Å². The molecule has 0 bridgehead atoms. The first-order valence-corrected chi connectivity index (χ1v) is 9.01. The third-order valence-corrected chi connectivity index (χ3v) is 3.84. The van der Waals surface area contributed by atoms with Crippen molar-refractivity contribution in [1.29, 1.82) is 0 Å². The van der Waals surface area contributed by atoms with E-state index >= 15 is 0 Å². The summed E-state index contributed by atoms with van der Waals surface area (Å²) in [6.07, 6.45) is 1.48. The SMILES string of the molecule is CCc1cccc(NC(N)=NCc2cccc(NC(=O)CC(C)C)c2)c1.I. The monoisotopic (exact) mass is 480 g/mol. The lowest BCUT2D eigenvalue weighted by Crippen LogP contribution is -2.22. The Morgan fingerprint density at radius 1 is 1.04 bits per heavy atom. The van der Waals surface area contributed by atoms with Crippen molar-refractivity contribution in [2.45, 2.75) is 40.2 Å². The number of halogens is 1. The molecule has 0 fully saturated rings. The van der Waals surface area contributed by atoms with Crippen LogP contribution < -0.4 is 16.4 Å². The molecule has 0 heterocycles. The molecule has 0 atom stereocenters. The average Bonchev–Trinajstić information content (AvgIpc) is 2.59. The molecule has 2 rings (SSSR count). The van der Waals surface area contributed by atoms with Crippen LogP contribution in [0.2, 0.25) is 0 Å². The van der Waals surface area contributed by atoms with Crippen molar-refractivity contribution in [1.82, 2.24) is 0 Å². The minimum absolute atomic E-state index is 0. The standard InChI is InChI=1S/C21H28N4O.HI/c1-4-16-7-5-10-19(12-16)25-21(22)23-14-17-8-6-9-18(13-17)24-20(26)11-15(2)3;/h5-10,12-13,15H,4,11,14H2,1-3H3,(H,24,26)(H3,22,23,25);1H. The molecule has 0 aromatic heterocycles. The lowest BCUT2D eigenvalue weighted by atomic mass is 10.1. The molecule has 0 unspecified atom stereocenters. The highest BCUT2D eigenvalue weighted by atomic mass is 127. The zero-order valence-electron chi connectivity index (χ0n) is 16.2. The number of hydrogen-bond donors (Lipinski definition) is 3. The molecule has 6 heteroatoms. The fourth-order valence-electron chi connectivity index (χ4n) is 2.56. The summed E-state index contributed by atoms with van der Waals surface area (Å²) in [6, 6.07) is 15.8. The van der Waals surface area contributed by atoms with Crippen molar-refractivity contribution in [2.75, 3.05) is 10.6 Å². The Labute approximate surface area is 178 Å².